The van der Waals surface area contributed by atoms with Crippen molar-refractivity contribution in [3.05, 3.63) is 82.9 Å². The van der Waals surface area contributed by atoms with Gasteiger partial charge in [-0.05, 0) is 54.1 Å². The molecule has 0 spiro atoms. The van der Waals surface area contributed by atoms with Crippen LogP contribution in [0.4, 0.5) is 4.79 Å². The lowest BCUT2D eigenvalue weighted by Gasteiger charge is -2.22. The summed E-state index contributed by atoms with van der Waals surface area (Å²) in [6, 6.07) is 16.1. The zero-order valence-corrected chi connectivity index (χ0v) is 18.6. The molecule has 4 aromatic rings. The number of tetrazole rings is 1. The van der Waals surface area contributed by atoms with E-state index in [9.17, 15) is 9.59 Å². The van der Waals surface area contributed by atoms with Gasteiger partial charge in [-0.15, -0.1) is 5.10 Å². The Bertz CT molecular complexity index is 1350. The Kier molecular flexibility index (Phi) is 4.94. The van der Waals surface area contributed by atoms with E-state index in [2.05, 4.69) is 25.9 Å². The molecule has 2 aromatic heterocycles. The normalized spacial score (nSPS) is 18.1. The fourth-order valence-corrected chi connectivity index (χ4v) is 4.22. The lowest BCUT2D eigenvalue weighted by molar-refractivity contribution is -0.131. The van der Waals surface area contributed by atoms with Crippen molar-refractivity contribution in [3.63, 3.8) is 0 Å². The molecular formula is C22H19ClN8O2. The number of carbonyl (C=O) groups excluding carboxylic acids is 2. The number of benzene rings is 2. The fourth-order valence-electron chi connectivity index (χ4n) is 3.88. The van der Waals surface area contributed by atoms with E-state index >= 15 is 0 Å². The summed E-state index contributed by atoms with van der Waals surface area (Å²) < 4.78 is 3.08. The lowest BCUT2D eigenvalue weighted by atomic mass is 9.91. The van der Waals surface area contributed by atoms with Crippen molar-refractivity contribution < 1.29 is 9.59 Å². The summed E-state index contributed by atoms with van der Waals surface area (Å²) in [6.07, 6.45) is 1.46. The first-order valence-corrected chi connectivity index (χ1v) is 10.5. The van der Waals surface area contributed by atoms with Crippen LogP contribution >= 0.6 is 11.6 Å². The van der Waals surface area contributed by atoms with E-state index in [-0.39, 0.29) is 12.5 Å². The van der Waals surface area contributed by atoms with Crippen LogP contribution in [0.3, 0.4) is 0 Å². The van der Waals surface area contributed by atoms with Crippen molar-refractivity contribution >= 4 is 23.5 Å². The second kappa shape index (κ2) is 7.82. The largest absolute Gasteiger partial charge is 0.325 e. The highest BCUT2D eigenvalue weighted by Gasteiger charge is 2.49. The highest BCUT2D eigenvalue weighted by molar-refractivity contribution is 6.30. The van der Waals surface area contributed by atoms with Gasteiger partial charge in [-0.2, -0.15) is 5.10 Å². The molecule has 0 bridgehead atoms. The van der Waals surface area contributed by atoms with Crippen molar-refractivity contribution in [2.45, 2.75) is 25.9 Å². The number of aromatic nitrogens is 6. The highest BCUT2D eigenvalue weighted by Crippen LogP contribution is 2.33. The van der Waals surface area contributed by atoms with Gasteiger partial charge in [0, 0.05) is 5.56 Å². The summed E-state index contributed by atoms with van der Waals surface area (Å²) in [5, 5.41) is 18.8. The van der Waals surface area contributed by atoms with E-state index in [0.29, 0.717) is 27.7 Å². The number of aryl methyl sites for hydroxylation is 1. The smallest absolute Gasteiger partial charge is 0.319 e. The Hall–Kier alpha value is -4.05. The zero-order valence-electron chi connectivity index (χ0n) is 17.8. The van der Waals surface area contributed by atoms with Crippen molar-refractivity contribution in [2.24, 2.45) is 0 Å². The molecule has 5 rings (SSSR count). The number of halogens is 1. The first kappa shape index (κ1) is 20.8. The Balaban J connectivity index is 1.46. The van der Waals surface area contributed by atoms with E-state index in [4.69, 9.17) is 11.6 Å². The average molecular weight is 463 g/mol. The van der Waals surface area contributed by atoms with Gasteiger partial charge in [0.25, 0.3) is 5.91 Å². The van der Waals surface area contributed by atoms with Gasteiger partial charge >= 0.3 is 6.03 Å². The lowest BCUT2D eigenvalue weighted by Crippen LogP contribution is -2.40. The summed E-state index contributed by atoms with van der Waals surface area (Å²) in [6.45, 7) is 3.48. The zero-order chi connectivity index (χ0) is 23.2. The third kappa shape index (κ3) is 3.44. The van der Waals surface area contributed by atoms with Crippen molar-refractivity contribution in [1.82, 2.24) is 40.2 Å². The molecule has 1 N–H and O–H groups in total. The minimum absolute atomic E-state index is 0.00441. The van der Waals surface area contributed by atoms with Gasteiger partial charge in [0.1, 0.15) is 17.0 Å². The van der Waals surface area contributed by atoms with Gasteiger partial charge in [-0.3, -0.25) is 9.69 Å². The number of nitrogens with one attached hydrogen (secondary N) is 1. The topological polar surface area (TPSA) is 111 Å². The summed E-state index contributed by atoms with van der Waals surface area (Å²) >= 11 is 6.61. The first-order chi connectivity index (χ1) is 15.9. The Morgan fingerprint density at radius 2 is 1.82 bits per heavy atom. The van der Waals surface area contributed by atoms with Gasteiger partial charge in [0.05, 0.1) is 23.6 Å². The number of para-hydroxylation sites is 1. The van der Waals surface area contributed by atoms with Crippen LogP contribution in [0, 0.1) is 6.92 Å². The Morgan fingerprint density at radius 3 is 2.55 bits per heavy atom. The molecule has 1 aliphatic heterocycles. The number of amides is 3. The van der Waals surface area contributed by atoms with E-state index in [1.807, 2.05) is 36.4 Å². The van der Waals surface area contributed by atoms with Crippen LogP contribution < -0.4 is 5.32 Å². The van der Waals surface area contributed by atoms with Crippen LogP contribution in [0.2, 0.25) is 5.15 Å². The number of carbonyl (C=O) groups is 2. The molecule has 3 amide bonds. The molecule has 0 aliphatic carbocycles. The highest BCUT2D eigenvalue weighted by atomic mass is 35.5. The third-order valence-corrected chi connectivity index (χ3v) is 6.14. The molecule has 2 aromatic carbocycles. The maximum atomic E-state index is 13.5. The predicted molar refractivity (Wildman–Crippen MR) is 119 cm³/mol. The van der Waals surface area contributed by atoms with Gasteiger partial charge in [0.2, 0.25) is 0 Å². The Labute approximate surface area is 193 Å². The quantitative estimate of drug-likeness (QED) is 0.456. The standard InChI is InChI=1S/C22H19ClN8O2/c1-14-18(19(23)31(26-14)16-8-4-3-5-9-16)12-29-20(32)22(2,25-21(29)33)15-7-6-10-17(11-15)30-13-24-27-28-30/h3-11,13H,12H2,1-2H3,(H,25,33)/t22-/m1/s1. The SMILES string of the molecule is Cc1nn(-c2ccccc2)c(Cl)c1CN1C(=O)N[C@](C)(c2cccc(-n3cnnn3)c2)C1=O. The van der Waals surface area contributed by atoms with Gasteiger partial charge in [-0.1, -0.05) is 41.9 Å². The molecule has 1 fully saturated rings. The van der Waals surface area contributed by atoms with E-state index < -0.39 is 11.6 Å². The maximum Gasteiger partial charge on any atom is 0.325 e. The number of rotatable bonds is 5. The second-order valence-corrected chi connectivity index (χ2v) is 8.21. The molecule has 0 radical (unpaired) electrons. The van der Waals surface area contributed by atoms with Crippen LogP contribution in [0.5, 0.6) is 0 Å². The molecule has 33 heavy (non-hydrogen) atoms. The van der Waals surface area contributed by atoms with Crippen molar-refractivity contribution in [3.8, 4) is 11.4 Å². The number of urea groups is 1. The average Bonchev–Trinajstić information content (AvgIpc) is 3.51. The first-order valence-electron chi connectivity index (χ1n) is 10.2. The van der Waals surface area contributed by atoms with Crippen LogP contribution in [-0.2, 0) is 16.9 Å². The number of hydrogen-bond donors (Lipinski definition) is 1. The van der Waals surface area contributed by atoms with Crippen LogP contribution in [0.15, 0.2) is 60.9 Å². The molecule has 3 heterocycles. The molecular weight excluding hydrogens is 444 g/mol. The van der Waals surface area contributed by atoms with Crippen molar-refractivity contribution in [2.75, 3.05) is 0 Å². The van der Waals surface area contributed by atoms with E-state index in [0.717, 1.165) is 10.6 Å². The number of imide groups is 1. The summed E-state index contributed by atoms with van der Waals surface area (Å²) in [5.74, 6) is -0.385. The minimum Gasteiger partial charge on any atom is -0.319 e. The molecule has 1 saturated heterocycles. The second-order valence-electron chi connectivity index (χ2n) is 7.85. The molecule has 0 unspecified atom stereocenters. The number of nitrogens with zero attached hydrogens (tertiary/aromatic N) is 7. The number of hydrogen-bond acceptors (Lipinski definition) is 6. The third-order valence-electron chi connectivity index (χ3n) is 5.75. The summed E-state index contributed by atoms with van der Waals surface area (Å²) in [5.41, 5.74) is 2.06. The van der Waals surface area contributed by atoms with E-state index in [1.54, 1.807) is 36.7 Å². The van der Waals surface area contributed by atoms with Crippen LogP contribution in [-0.4, -0.2) is 46.8 Å². The molecule has 11 heteroatoms. The van der Waals surface area contributed by atoms with Crippen molar-refractivity contribution in [1.29, 1.82) is 0 Å². The summed E-state index contributed by atoms with van der Waals surface area (Å²) in [7, 11) is 0. The van der Waals surface area contributed by atoms with Crippen LogP contribution in [0.1, 0.15) is 23.7 Å². The molecule has 1 aliphatic rings. The maximum absolute atomic E-state index is 13.5. The predicted octanol–water partition coefficient (Wildman–Crippen LogP) is 2.78. The van der Waals surface area contributed by atoms with Gasteiger partial charge in [0.15, 0.2) is 0 Å². The molecule has 1 atom stereocenters. The van der Waals surface area contributed by atoms with Gasteiger partial charge in [-0.25, -0.2) is 14.2 Å². The van der Waals surface area contributed by atoms with Crippen LogP contribution in [0.25, 0.3) is 11.4 Å². The van der Waals surface area contributed by atoms with E-state index in [1.165, 1.54) is 11.0 Å². The molecule has 166 valence electrons. The fraction of sp³-hybridized carbons (Fsp3) is 0.182. The Morgan fingerprint density at radius 1 is 1.06 bits per heavy atom. The summed E-state index contributed by atoms with van der Waals surface area (Å²) in [4.78, 5) is 27.5. The van der Waals surface area contributed by atoms with Gasteiger partial charge < -0.3 is 5.32 Å². The monoisotopic (exact) mass is 462 g/mol. The molecule has 0 saturated carbocycles. The minimum atomic E-state index is -1.25. The molecule has 10 nitrogen and oxygen atoms in total.